The number of rotatable bonds is 9. The van der Waals surface area contributed by atoms with E-state index in [0.29, 0.717) is 5.75 Å². The van der Waals surface area contributed by atoms with Crippen LogP contribution in [-0.4, -0.2) is 59.3 Å². The number of benzene rings is 1. The number of para-hydroxylation sites is 1. The highest BCUT2D eigenvalue weighted by Gasteiger charge is 2.43. The maximum Gasteiger partial charge on any atom is 0.353 e. The number of nitrogens with one attached hydrogen (secondary N) is 1. The zero-order valence-corrected chi connectivity index (χ0v) is 16.6. The lowest BCUT2D eigenvalue weighted by Crippen LogP contribution is -2.39. The summed E-state index contributed by atoms with van der Waals surface area (Å²) in [6.07, 6.45) is 3.40. The van der Waals surface area contributed by atoms with Crippen molar-refractivity contribution in [2.75, 3.05) is 33.0 Å². The summed E-state index contributed by atoms with van der Waals surface area (Å²) in [4.78, 5) is 29.1. The first kappa shape index (κ1) is 21.7. The fourth-order valence-corrected chi connectivity index (χ4v) is 2.94. The lowest BCUT2D eigenvalue weighted by atomic mass is 10.1. The Bertz CT molecular complexity index is 827. The Labute approximate surface area is 166 Å². The van der Waals surface area contributed by atoms with Gasteiger partial charge in [0.2, 0.25) is 0 Å². The second kappa shape index (κ2) is 9.54. The maximum atomic E-state index is 14.6. The summed E-state index contributed by atoms with van der Waals surface area (Å²) in [5.74, 6) is -5.43. The van der Waals surface area contributed by atoms with Crippen molar-refractivity contribution in [3.8, 4) is 5.75 Å². The van der Waals surface area contributed by atoms with Gasteiger partial charge in [0.05, 0.1) is 5.56 Å². The number of aryl methyl sites for hydroxylation is 1. The number of carbonyl (C=O) groups excluding carboxylic acids is 2. The first-order chi connectivity index (χ1) is 13.2. The molecule has 1 N–H and O–H groups in total. The number of halogens is 2. The highest BCUT2D eigenvalue weighted by molar-refractivity contribution is 7.99. The Hall–Kier alpha value is -2.62. The van der Waals surface area contributed by atoms with Crippen molar-refractivity contribution in [1.82, 2.24) is 19.8 Å². The molecule has 0 aliphatic carbocycles. The van der Waals surface area contributed by atoms with E-state index in [1.165, 1.54) is 49.0 Å². The Morgan fingerprint density at radius 2 is 2.04 bits per heavy atom. The SMILES string of the molecule is CN(C)C(=O)COc1ccccc1C(F)(F)C(=O)NCCSc1nccn1C. The van der Waals surface area contributed by atoms with E-state index in [1.807, 2.05) is 7.05 Å². The molecule has 0 bridgehead atoms. The molecule has 2 amide bonds. The number of alkyl halides is 2. The van der Waals surface area contributed by atoms with Crippen molar-refractivity contribution in [2.45, 2.75) is 11.1 Å². The van der Waals surface area contributed by atoms with Gasteiger partial charge >= 0.3 is 5.92 Å². The maximum absolute atomic E-state index is 14.6. The van der Waals surface area contributed by atoms with Crippen LogP contribution in [0.2, 0.25) is 0 Å². The van der Waals surface area contributed by atoms with Crippen LogP contribution in [0.1, 0.15) is 5.56 Å². The molecule has 0 saturated carbocycles. The van der Waals surface area contributed by atoms with Crippen molar-refractivity contribution in [1.29, 1.82) is 0 Å². The van der Waals surface area contributed by atoms with Crippen LogP contribution < -0.4 is 10.1 Å². The van der Waals surface area contributed by atoms with Crippen LogP contribution >= 0.6 is 11.8 Å². The molecule has 0 atom stereocenters. The average molecular weight is 412 g/mol. The van der Waals surface area contributed by atoms with Crippen LogP contribution in [0.25, 0.3) is 0 Å². The van der Waals surface area contributed by atoms with Gasteiger partial charge in [-0.2, -0.15) is 8.78 Å². The van der Waals surface area contributed by atoms with Crippen molar-refractivity contribution >= 4 is 23.6 Å². The van der Waals surface area contributed by atoms with Gasteiger partial charge in [0.15, 0.2) is 11.8 Å². The quantitative estimate of drug-likeness (QED) is 0.503. The van der Waals surface area contributed by atoms with Gasteiger partial charge in [-0.1, -0.05) is 23.9 Å². The first-order valence-corrected chi connectivity index (χ1v) is 9.40. The Kier molecular flexibility index (Phi) is 7.38. The summed E-state index contributed by atoms with van der Waals surface area (Å²) in [6, 6.07) is 5.29. The van der Waals surface area contributed by atoms with Gasteiger partial charge in [-0.25, -0.2) is 4.98 Å². The first-order valence-electron chi connectivity index (χ1n) is 8.42. The van der Waals surface area contributed by atoms with E-state index in [4.69, 9.17) is 4.74 Å². The minimum atomic E-state index is -3.80. The van der Waals surface area contributed by atoms with E-state index in [9.17, 15) is 18.4 Å². The van der Waals surface area contributed by atoms with Crippen LogP contribution in [-0.2, 0) is 22.6 Å². The molecule has 0 unspecified atom stereocenters. The summed E-state index contributed by atoms with van der Waals surface area (Å²) >= 11 is 1.34. The highest BCUT2D eigenvalue weighted by atomic mass is 32.2. The van der Waals surface area contributed by atoms with E-state index in [0.717, 1.165) is 11.2 Å². The highest BCUT2D eigenvalue weighted by Crippen LogP contribution is 2.35. The molecule has 0 saturated heterocycles. The molecule has 1 heterocycles. The van der Waals surface area contributed by atoms with E-state index in [2.05, 4.69) is 10.3 Å². The van der Waals surface area contributed by atoms with Crippen molar-refractivity contribution < 1.29 is 23.1 Å². The van der Waals surface area contributed by atoms with Crippen LogP contribution in [0.4, 0.5) is 8.78 Å². The largest absolute Gasteiger partial charge is 0.483 e. The standard InChI is InChI=1S/C18H22F2N4O3S/c1-23(2)15(25)12-27-14-7-5-4-6-13(14)18(19,20)16(26)21-9-11-28-17-22-8-10-24(17)3/h4-8,10H,9,11-12H2,1-3H3,(H,21,26). The lowest BCUT2D eigenvalue weighted by molar-refractivity contribution is -0.147. The molecule has 2 aromatic rings. The van der Waals surface area contributed by atoms with Gasteiger partial charge in [-0.15, -0.1) is 0 Å². The van der Waals surface area contributed by atoms with E-state index < -0.39 is 24.0 Å². The van der Waals surface area contributed by atoms with Crippen LogP contribution in [0.15, 0.2) is 41.8 Å². The van der Waals surface area contributed by atoms with Crippen LogP contribution in [0.5, 0.6) is 5.75 Å². The van der Waals surface area contributed by atoms with E-state index in [1.54, 1.807) is 17.0 Å². The molecule has 0 aliphatic heterocycles. The second-order valence-electron chi connectivity index (χ2n) is 6.07. The molecule has 1 aromatic heterocycles. The minimum Gasteiger partial charge on any atom is -0.483 e. The third-order valence-electron chi connectivity index (χ3n) is 3.76. The molecular weight excluding hydrogens is 390 g/mol. The van der Waals surface area contributed by atoms with Gasteiger partial charge in [0, 0.05) is 45.8 Å². The van der Waals surface area contributed by atoms with Gasteiger partial charge < -0.3 is 19.5 Å². The van der Waals surface area contributed by atoms with Gasteiger partial charge in [-0.3, -0.25) is 9.59 Å². The van der Waals surface area contributed by atoms with E-state index in [-0.39, 0.29) is 18.2 Å². The Morgan fingerprint density at radius 1 is 1.32 bits per heavy atom. The van der Waals surface area contributed by atoms with Crippen molar-refractivity contribution in [3.05, 3.63) is 42.2 Å². The third kappa shape index (κ3) is 5.44. The van der Waals surface area contributed by atoms with E-state index >= 15 is 0 Å². The smallest absolute Gasteiger partial charge is 0.353 e. The molecular formula is C18H22F2N4O3S. The molecule has 1 aromatic carbocycles. The lowest BCUT2D eigenvalue weighted by Gasteiger charge is -2.20. The number of aromatic nitrogens is 2. The minimum absolute atomic E-state index is 0.0497. The second-order valence-corrected chi connectivity index (χ2v) is 7.13. The number of thioether (sulfide) groups is 1. The Morgan fingerprint density at radius 3 is 2.68 bits per heavy atom. The fraction of sp³-hybridized carbons (Fsp3) is 0.389. The normalized spacial score (nSPS) is 11.2. The summed E-state index contributed by atoms with van der Waals surface area (Å²) in [7, 11) is 4.88. The predicted molar refractivity (Wildman–Crippen MR) is 101 cm³/mol. The summed E-state index contributed by atoms with van der Waals surface area (Å²) in [5, 5.41) is 2.96. The number of likely N-dealkylation sites (N-methyl/N-ethyl adjacent to an activating group) is 1. The van der Waals surface area contributed by atoms with Gasteiger partial charge in [0.25, 0.3) is 11.8 Å². The molecule has 152 valence electrons. The molecule has 0 aliphatic rings. The predicted octanol–water partition coefficient (Wildman–Crippen LogP) is 1.89. The number of imidazole rings is 1. The molecule has 28 heavy (non-hydrogen) atoms. The van der Waals surface area contributed by atoms with Gasteiger partial charge in [0.1, 0.15) is 5.75 Å². The number of hydrogen-bond acceptors (Lipinski definition) is 5. The third-order valence-corrected chi connectivity index (χ3v) is 4.82. The number of carbonyl (C=O) groups is 2. The zero-order valence-electron chi connectivity index (χ0n) is 15.8. The average Bonchev–Trinajstić information content (AvgIpc) is 3.07. The molecule has 0 fully saturated rings. The Balaban J connectivity index is 1.97. The number of nitrogens with zero attached hydrogens (tertiary/aromatic N) is 3. The molecule has 0 spiro atoms. The summed E-state index contributed by atoms with van der Waals surface area (Å²) in [6.45, 7) is -0.351. The van der Waals surface area contributed by atoms with Crippen LogP contribution in [0.3, 0.4) is 0 Å². The van der Waals surface area contributed by atoms with Crippen LogP contribution in [0, 0.1) is 0 Å². The summed E-state index contributed by atoms with van der Waals surface area (Å²) < 4.78 is 36.3. The van der Waals surface area contributed by atoms with Crippen molar-refractivity contribution in [2.24, 2.45) is 7.05 Å². The molecule has 7 nitrogen and oxygen atoms in total. The monoisotopic (exact) mass is 412 g/mol. The number of hydrogen-bond donors (Lipinski definition) is 1. The van der Waals surface area contributed by atoms with Gasteiger partial charge in [-0.05, 0) is 12.1 Å². The summed E-state index contributed by atoms with van der Waals surface area (Å²) in [5.41, 5.74) is -0.587. The fourth-order valence-electron chi connectivity index (χ4n) is 2.15. The molecule has 10 heteroatoms. The number of ether oxygens (including phenoxy) is 1. The zero-order chi connectivity index (χ0) is 20.7. The molecule has 0 radical (unpaired) electrons. The van der Waals surface area contributed by atoms with Crippen molar-refractivity contribution in [3.63, 3.8) is 0 Å². The topological polar surface area (TPSA) is 76.5 Å². The number of amides is 2. The molecule has 2 rings (SSSR count).